The molecule has 0 fully saturated rings. The molecule has 4 nitrogen and oxygen atoms in total. The molecule has 0 saturated heterocycles. The highest BCUT2D eigenvalue weighted by molar-refractivity contribution is 9.10. The van der Waals surface area contributed by atoms with E-state index >= 15 is 0 Å². The van der Waals surface area contributed by atoms with E-state index in [4.69, 9.17) is 5.11 Å². The first-order valence-electron chi connectivity index (χ1n) is 3.39. The summed E-state index contributed by atoms with van der Waals surface area (Å²) in [5.74, 6) is 0.599. The molecule has 1 N–H and O–H groups in total. The van der Waals surface area contributed by atoms with Gasteiger partial charge in [0, 0.05) is 18.6 Å². The molecule has 0 saturated carbocycles. The van der Waals surface area contributed by atoms with Crippen LogP contribution >= 0.6 is 15.9 Å². The maximum Gasteiger partial charge on any atom is 0.234 e. The zero-order chi connectivity index (χ0) is 8.55. The highest BCUT2D eigenvalue weighted by Gasteiger charge is 2.00. The molecule has 0 amide bonds. The summed E-state index contributed by atoms with van der Waals surface area (Å²) in [6.45, 7) is -0.0546. The van der Waals surface area contributed by atoms with Gasteiger partial charge in [-0.15, -0.1) is 0 Å². The van der Waals surface area contributed by atoms with Crippen molar-refractivity contribution in [3.63, 3.8) is 0 Å². The van der Waals surface area contributed by atoms with Crippen LogP contribution in [0.5, 0.6) is 0 Å². The third kappa shape index (κ3) is 1.21. The summed E-state index contributed by atoms with van der Waals surface area (Å²) in [5.41, 5.74) is 0.626. The summed E-state index contributed by atoms with van der Waals surface area (Å²) in [7, 11) is 0. The molecule has 0 aliphatic carbocycles. The molecule has 0 aliphatic heterocycles. The van der Waals surface area contributed by atoms with Gasteiger partial charge in [0.2, 0.25) is 5.78 Å². The van der Waals surface area contributed by atoms with E-state index in [9.17, 15) is 0 Å². The average molecular weight is 228 g/mol. The highest BCUT2D eigenvalue weighted by atomic mass is 79.9. The minimum atomic E-state index is -0.0546. The number of fused-ring (bicyclic) bond motifs is 1. The number of halogens is 1. The number of hydrogen-bond donors (Lipinski definition) is 1. The molecule has 0 atom stereocenters. The number of rotatable bonds is 1. The van der Waals surface area contributed by atoms with Gasteiger partial charge in [-0.1, -0.05) is 0 Å². The summed E-state index contributed by atoms with van der Waals surface area (Å²) in [6, 6.07) is 0. The van der Waals surface area contributed by atoms with Crippen molar-refractivity contribution in [1.29, 1.82) is 0 Å². The van der Waals surface area contributed by atoms with Gasteiger partial charge < -0.3 is 5.11 Å². The van der Waals surface area contributed by atoms with Crippen molar-refractivity contribution < 1.29 is 5.11 Å². The van der Waals surface area contributed by atoms with Crippen molar-refractivity contribution in [1.82, 2.24) is 14.4 Å². The van der Waals surface area contributed by atoms with Gasteiger partial charge in [-0.05, 0) is 15.9 Å². The van der Waals surface area contributed by atoms with E-state index in [1.807, 2.05) is 6.20 Å². The Morgan fingerprint density at radius 3 is 3.08 bits per heavy atom. The van der Waals surface area contributed by atoms with Gasteiger partial charge in [0.25, 0.3) is 0 Å². The smallest absolute Gasteiger partial charge is 0.234 e. The van der Waals surface area contributed by atoms with Crippen LogP contribution in [0.1, 0.15) is 5.69 Å². The van der Waals surface area contributed by atoms with Crippen LogP contribution in [0.3, 0.4) is 0 Å². The van der Waals surface area contributed by atoms with E-state index in [0.29, 0.717) is 11.5 Å². The molecule has 0 radical (unpaired) electrons. The molecule has 2 aromatic rings. The monoisotopic (exact) mass is 227 g/mol. The first kappa shape index (κ1) is 7.70. The van der Waals surface area contributed by atoms with Crippen LogP contribution in [0.4, 0.5) is 0 Å². The summed E-state index contributed by atoms with van der Waals surface area (Å²) >= 11 is 3.29. The van der Waals surface area contributed by atoms with Crippen LogP contribution in [0.2, 0.25) is 0 Å². The zero-order valence-corrected chi connectivity index (χ0v) is 7.69. The van der Waals surface area contributed by atoms with Crippen molar-refractivity contribution >= 4 is 21.7 Å². The lowest BCUT2D eigenvalue weighted by Gasteiger charge is -1.90. The minimum Gasteiger partial charge on any atom is -0.390 e. The third-order valence-corrected chi connectivity index (χ3v) is 1.90. The van der Waals surface area contributed by atoms with E-state index in [1.165, 1.54) is 0 Å². The number of aromatic nitrogens is 3. The molecular formula is C7H6BrN3O. The Balaban J connectivity index is 2.67. The number of hydrogen-bond acceptors (Lipinski definition) is 3. The van der Waals surface area contributed by atoms with Crippen LogP contribution < -0.4 is 0 Å². The average Bonchev–Trinajstić information content (AvgIpc) is 2.46. The lowest BCUT2D eigenvalue weighted by Crippen LogP contribution is -1.85. The van der Waals surface area contributed by atoms with Gasteiger partial charge in [-0.2, -0.15) is 0 Å². The fraction of sp³-hybridized carbons (Fsp3) is 0.143. The van der Waals surface area contributed by atoms with Gasteiger partial charge in [0.15, 0.2) is 0 Å². The predicted octanol–water partition coefficient (Wildman–Crippen LogP) is 0.984. The molecule has 2 rings (SSSR count). The Bertz CT molecular complexity index is 412. The quantitative estimate of drug-likeness (QED) is 0.791. The largest absolute Gasteiger partial charge is 0.390 e. The molecule has 0 aliphatic rings. The van der Waals surface area contributed by atoms with Crippen molar-refractivity contribution in [3.05, 3.63) is 28.8 Å². The second kappa shape index (κ2) is 2.84. The van der Waals surface area contributed by atoms with Crippen molar-refractivity contribution in [2.45, 2.75) is 6.61 Å². The molecule has 12 heavy (non-hydrogen) atoms. The lowest BCUT2D eigenvalue weighted by atomic mass is 10.5. The summed E-state index contributed by atoms with van der Waals surface area (Å²) < 4.78 is 2.65. The van der Waals surface area contributed by atoms with Crippen LogP contribution in [0, 0.1) is 0 Å². The SMILES string of the molecule is OCc1cn2cc(Br)cnc2n1. The number of aliphatic hydroxyl groups excluding tert-OH is 1. The van der Waals surface area contributed by atoms with Gasteiger partial charge in [-0.25, -0.2) is 9.97 Å². The lowest BCUT2D eigenvalue weighted by molar-refractivity contribution is 0.277. The second-order valence-corrected chi connectivity index (χ2v) is 3.29. The predicted molar refractivity (Wildman–Crippen MR) is 46.6 cm³/mol. The van der Waals surface area contributed by atoms with Crippen LogP contribution in [-0.2, 0) is 6.61 Å². The van der Waals surface area contributed by atoms with Gasteiger partial charge >= 0.3 is 0 Å². The fourth-order valence-corrected chi connectivity index (χ4v) is 1.31. The molecule has 0 spiro atoms. The maximum atomic E-state index is 8.79. The van der Waals surface area contributed by atoms with Crippen LogP contribution in [0.25, 0.3) is 5.78 Å². The Kier molecular flexibility index (Phi) is 1.82. The Labute approximate surface area is 77.0 Å². The maximum absolute atomic E-state index is 8.79. The van der Waals surface area contributed by atoms with Crippen LogP contribution in [0.15, 0.2) is 23.1 Å². The standard InChI is InChI=1S/C7H6BrN3O/c8-5-1-9-7-10-6(4-12)3-11(7)2-5/h1-3,12H,4H2. The van der Waals surface area contributed by atoms with E-state index in [-0.39, 0.29) is 6.61 Å². The molecule has 0 unspecified atom stereocenters. The molecule has 2 heterocycles. The number of aliphatic hydroxyl groups is 1. The molecule has 0 aromatic carbocycles. The van der Waals surface area contributed by atoms with Crippen molar-refractivity contribution in [2.24, 2.45) is 0 Å². The van der Waals surface area contributed by atoms with Crippen molar-refractivity contribution in [3.8, 4) is 0 Å². The van der Waals surface area contributed by atoms with E-state index in [1.54, 1.807) is 16.8 Å². The normalized spacial score (nSPS) is 10.8. The van der Waals surface area contributed by atoms with E-state index < -0.39 is 0 Å². The highest BCUT2D eigenvalue weighted by Crippen LogP contribution is 2.09. The van der Waals surface area contributed by atoms with Gasteiger partial charge in [0.1, 0.15) is 0 Å². The Hall–Kier alpha value is -0.940. The van der Waals surface area contributed by atoms with Gasteiger partial charge in [0.05, 0.1) is 16.8 Å². The molecule has 62 valence electrons. The van der Waals surface area contributed by atoms with Crippen molar-refractivity contribution in [2.75, 3.05) is 0 Å². The first-order valence-corrected chi connectivity index (χ1v) is 4.19. The van der Waals surface area contributed by atoms with E-state index in [0.717, 1.165) is 4.47 Å². The topological polar surface area (TPSA) is 50.4 Å². The fourth-order valence-electron chi connectivity index (χ4n) is 0.986. The number of nitrogens with zero attached hydrogens (tertiary/aromatic N) is 3. The number of imidazole rings is 1. The summed E-state index contributed by atoms with van der Waals surface area (Å²) in [5, 5.41) is 8.79. The Morgan fingerprint density at radius 1 is 1.50 bits per heavy atom. The molecule has 5 heteroatoms. The zero-order valence-electron chi connectivity index (χ0n) is 6.11. The van der Waals surface area contributed by atoms with E-state index in [2.05, 4.69) is 25.9 Å². The second-order valence-electron chi connectivity index (χ2n) is 2.37. The minimum absolute atomic E-state index is 0.0546. The van der Waals surface area contributed by atoms with Crippen LogP contribution in [-0.4, -0.2) is 19.5 Å². The summed E-state index contributed by atoms with van der Waals surface area (Å²) in [6.07, 6.45) is 5.26. The Morgan fingerprint density at radius 2 is 2.33 bits per heavy atom. The van der Waals surface area contributed by atoms with Gasteiger partial charge in [-0.3, -0.25) is 4.40 Å². The molecular weight excluding hydrogens is 222 g/mol. The molecule has 0 bridgehead atoms. The summed E-state index contributed by atoms with van der Waals surface area (Å²) in [4.78, 5) is 8.10. The third-order valence-electron chi connectivity index (χ3n) is 1.49. The molecule has 2 aromatic heterocycles. The first-order chi connectivity index (χ1) is 5.79.